The van der Waals surface area contributed by atoms with Gasteiger partial charge in [-0.05, 0) is 48.9 Å². The van der Waals surface area contributed by atoms with Crippen LogP contribution in [0.3, 0.4) is 0 Å². The Kier molecular flexibility index (Phi) is 8.73. The molecule has 0 unspecified atom stereocenters. The number of benzene rings is 1. The van der Waals surface area contributed by atoms with E-state index >= 15 is 0 Å². The summed E-state index contributed by atoms with van der Waals surface area (Å²) in [4.78, 5) is 8.80. The van der Waals surface area contributed by atoms with Gasteiger partial charge >= 0.3 is 0 Å². The van der Waals surface area contributed by atoms with Crippen LogP contribution in [-0.2, 0) is 13.1 Å². The van der Waals surface area contributed by atoms with Gasteiger partial charge in [-0.15, -0.1) is 24.0 Å². The molecule has 2 heterocycles. The predicted molar refractivity (Wildman–Crippen MR) is 116 cm³/mol. The van der Waals surface area contributed by atoms with Gasteiger partial charge in [0.25, 0.3) is 0 Å². The van der Waals surface area contributed by atoms with Gasteiger partial charge in [0.15, 0.2) is 5.96 Å². The second kappa shape index (κ2) is 11.3. The Morgan fingerprint density at radius 1 is 1.14 bits per heavy atom. The SMILES string of the molecule is CCNC(=NCc1ccc(Oc2ccc(F)cc2)nc1)NCc1ccco1.I. The summed E-state index contributed by atoms with van der Waals surface area (Å²) >= 11 is 0. The zero-order valence-electron chi connectivity index (χ0n) is 15.4. The van der Waals surface area contributed by atoms with Gasteiger partial charge in [-0.1, -0.05) is 6.07 Å². The first-order valence-electron chi connectivity index (χ1n) is 8.66. The van der Waals surface area contributed by atoms with Gasteiger partial charge in [-0.25, -0.2) is 14.4 Å². The molecular formula is C20H22FIN4O2. The van der Waals surface area contributed by atoms with Crippen molar-refractivity contribution in [3.05, 3.63) is 78.1 Å². The molecule has 0 amide bonds. The van der Waals surface area contributed by atoms with Crippen molar-refractivity contribution in [2.75, 3.05) is 6.54 Å². The van der Waals surface area contributed by atoms with Crippen LogP contribution in [0.1, 0.15) is 18.2 Å². The molecule has 0 spiro atoms. The monoisotopic (exact) mass is 496 g/mol. The minimum Gasteiger partial charge on any atom is -0.467 e. The highest BCUT2D eigenvalue weighted by Gasteiger charge is 2.02. The lowest BCUT2D eigenvalue weighted by Crippen LogP contribution is -2.36. The van der Waals surface area contributed by atoms with Crippen LogP contribution in [0.2, 0.25) is 0 Å². The maximum atomic E-state index is 12.9. The van der Waals surface area contributed by atoms with E-state index in [-0.39, 0.29) is 29.8 Å². The Hall–Kier alpha value is -2.62. The fourth-order valence-electron chi connectivity index (χ4n) is 2.28. The molecule has 0 aliphatic heterocycles. The first-order chi connectivity index (χ1) is 13.2. The third kappa shape index (κ3) is 6.84. The summed E-state index contributed by atoms with van der Waals surface area (Å²) in [6.45, 7) is 3.79. The molecule has 3 aromatic rings. The summed E-state index contributed by atoms with van der Waals surface area (Å²) < 4.78 is 23.8. The number of rotatable bonds is 7. The zero-order valence-corrected chi connectivity index (χ0v) is 17.7. The van der Waals surface area contributed by atoms with Crippen LogP contribution in [0.5, 0.6) is 11.6 Å². The van der Waals surface area contributed by atoms with E-state index in [1.165, 1.54) is 12.1 Å². The highest BCUT2D eigenvalue weighted by atomic mass is 127. The fraction of sp³-hybridized carbons (Fsp3) is 0.200. The molecule has 8 heteroatoms. The molecule has 1 aromatic carbocycles. The summed E-state index contributed by atoms with van der Waals surface area (Å²) in [6, 6.07) is 13.2. The molecule has 0 radical (unpaired) electrons. The summed E-state index contributed by atoms with van der Waals surface area (Å²) in [5.74, 6) is 2.20. The molecule has 3 rings (SSSR count). The lowest BCUT2D eigenvalue weighted by atomic mass is 10.3. The van der Waals surface area contributed by atoms with Crippen LogP contribution >= 0.6 is 24.0 Å². The first kappa shape index (κ1) is 21.7. The molecule has 0 saturated heterocycles. The van der Waals surface area contributed by atoms with Crippen molar-refractivity contribution in [3.63, 3.8) is 0 Å². The number of pyridine rings is 1. The van der Waals surface area contributed by atoms with Crippen LogP contribution in [0, 0.1) is 5.82 Å². The van der Waals surface area contributed by atoms with Gasteiger partial charge in [-0.3, -0.25) is 0 Å². The van der Waals surface area contributed by atoms with Crippen molar-refractivity contribution in [3.8, 4) is 11.6 Å². The molecule has 6 nitrogen and oxygen atoms in total. The van der Waals surface area contributed by atoms with Gasteiger partial charge < -0.3 is 19.8 Å². The van der Waals surface area contributed by atoms with E-state index in [1.54, 1.807) is 30.7 Å². The molecule has 0 fully saturated rings. The second-order valence-electron chi connectivity index (χ2n) is 5.69. The van der Waals surface area contributed by atoms with Crippen molar-refractivity contribution in [2.24, 2.45) is 4.99 Å². The Bertz CT molecular complexity index is 853. The average Bonchev–Trinajstić information content (AvgIpc) is 3.21. The molecule has 0 bridgehead atoms. The number of guanidine groups is 1. The molecule has 148 valence electrons. The Balaban J connectivity index is 0.00000280. The third-order valence-corrected chi connectivity index (χ3v) is 3.61. The number of furan rings is 1. The Morgan fingerprint density at radius 2 is 1.96 bits per heavy atom. The molecular weight excluding hydrogens is 474 g/mol. The topological polar surface area (TPSA) is 71.7 Å². The Morgan fingerprint density at radius 3 is 2.61 bits per heavy atom. The lowest BCUT2D eigenvalue weighted by Gasteiger charge is -2.10. The lowest BCUT2D eigenvalue weighted by molar-refractivity contribution is 0.461. The first-order valence-corrected chi connectivity index (χ1v) is 8.66. The van der Waals surface area contributed by atoms with Gasteiger partial charge in [-0.2, -0.15) is 0 Å². The second-order valence-corrected chi connectivity index (χ2v) is 5.69. The normalized spacial score (nSPS) is 10.9. The van der Waals surface area contributed by atoms with Crippen LogP contribution in [0.15, 0.2) is 70.4 Å². The third-order valence-electron chi connectivity index (χ3n) is 3.61. The molecule has 2 N–H and O–H groups in total. The number of nitrogens with one attached hydrogen (secondary N) is 2. The standard InChI is InChI=1S/C20H21FN4O2.HI/c1-2-22-20(25-14-18-4-3-11-26-18)24-13-15-5-10-19(23-12-15)27-17-8-6-16(21)7-9-17;/h3-12H,2,13-14H2,1H3,(H2,22,24,25);1H. The number of hydrogen-bond acceptors (Lipinski definition) is 4. The minimum absolute atomic E-state index is 0. The molecule has 0 atom stereocenters. The van der Waals surface area contributed by atoms with E-state index in [4.69, 9.17) is 9.15 Å². The van der Waals surface area contributed by atoms with Crippen LogP contribution in [0.25, 0.3) is 0 Å². The van der Waals surface area contributed by atoms with E-state index in [0.717, 1.165) is 17.9 Å². The van der Waals surface area contributed by atoms with E-state index in [0.29, 0.717) is 30.7 Å². The van der Waals surface area contributed by atoms with Crippen molar-refractivity contribution in [1.82, 2.24) is 15.6 Å². The van der Waals surface area contributed by atoms with Crippen LogP contribution < -0.4 is 15.4 Å². The summed E-state index contributed by atoms with van der Waals surface area (Å²) in [5, 5.41) is 6.40. The number of ether oxygens (including phenoxy) is 1. The number of nitrogens with zero attached hydrogens (tertiary/aromatic N) is 2. The largest absolute Gasteiger partial charge is 0.467 e. The van der Waals surface area contributed by atoms with Crippen molar-refractivity contribution < 1.29 is 13.5 Å². The molecule has 0 aliphatic carbocycles. The van der Waals surface area contributed by atoms with Gasteiger partial charge in [0.05, 0.1) is 19.4 Å². The Labute approximate surface area is 180 Å². The smallest absolute Gasteiger partial charge is 0.219 e. The minimum atomic E-state index is -0.305. The number of hydrogen-bond donors (Lipinski definition) is 2. The van der Waals surface area contributed by atoms with Gasteiger partial charge in [0.1, 0.15) is 17.3 Å². The summed E-state index contributed by atoms with van der Waals surface area (Å²) in [5.41, 5.74) is 0.941. The van der Waals surface area contributed by atoms with E-state index in [1.807, 2.05) is 25.1 Å². The predicted octanol–water partition coefficient (Wildman–Crippen LogP) is 4.48. The molecule has 2 aromatic heterocycles. The van der Waals surface area contributed by atoms with Gasteiger partial charge in [0.2, 0.25) is 5.88 Å². The van der Waals surface area contributed by atoms with Crippen molar-refractivity contribution in [1.29, 1.82) is 0 Å². The number of aromatic nitrogens is 1. The van der Waals surface area contributed by atoms with E-state index in [9.17, 15) is 4.39 Å². The highest BCUT2D eigenvalue weighted by molar-refractivity contribution is 14.0. The van der Waals surface area contributed by atoms with E-state index < -0.39 is 0 Å². The maximum absolute atomic E-state index is 12.9. The van der Waals surface area contributed by atoms with Crippen molar-refractivity contribution >= 4 is 29.9 Å². The quantitative estimate of drug-likeness (QED) is 0.287. The summed E-state index contributed by atoms with van der Waals surface area (Å²) in [6.07, 6.45) is 3.35. The number of aliphatic imine (C=N–C) groups is 1. The average molecular weight is 496 g/mol. The van der Waals surface area contributed by atoms with Crippen LogP contribution in [-0.4, -0.2) is 17.5 Å². The summed E-state index contributed by atoms with van der Waals surface area (Å²) in [7, 11) is 0. The van der Waals surface area contributed by atoms with E-state index in [2.05, 4.69) is 20.6 Å². The molecule has 0 aliphatic rings. The van der Waals surface area contributed by atoms with Crippen molar-refractivity contribution in [2.45, 2.75) is 20.0 Å². The zero-order chi connectivity index (χ0) is 18.9. The van der Waals surface area contributed by atoms with Crippen LogP contribution in [0.4, 0.5) is 4.39 Å². The highest BCUT2D eigenvalue weighted by Crippen LogP contribution is 2.19. The number of halogens is 2. The fourth-order valence-corrected chi connectivity index (χ4v) is 2.28. The maximum Gasteiger partial charge on any atom is 0.219 e. The molecule has 28 heavy (non-hydrogen) atoms. The van der Waals surface area contributed by atoms with Gasteiger partial charge in [0, 0.05) is 18.8 Å². The molecule has 0 saturated carbocycles.